The maximum absolute atomic E-state index is 12.2. The molecule has 0 aliphatic heterocycles. The third-order valence-corrected chi connectivity index (χ3v) is 4.59. The van der Waals surface area contributed by atoms with Crippen LogP contribution in [-0.4, -0.2) is 33.7 Å². The predicted molar refractivity (Wildman–Crippen MR) is 74.8 cm³/mol. The largest absolute Gasteiger partial charge is 0.382 e. The van der Waals surface area contributed by atoms with Gasteiger partial charge in [0.2, 0.25) is 0 Å². The highest BCUT2D eigenvalue weighted by molar-refractivity contribution is 7.99. The summed E-state index contributed by atoms with van der Waals surface area (Å²) in [5, 5.41) is 10.3. The number of nitrogens with two attached hydrogens (primary N) is 1. The lowest BCUT2D eigenvalue weighted by Gasteiger charge is -2.28. The van der Waals surface area contributed by atoms with Gasteiger partial charge in [-0.1, -0.05) is 6.42 Å². The van der Waals surface area contributed by atoms with Gasteiger partial charge in [0, 0.05) is 17.0 Å². The van der Waals surface area contributed by atoms with E-state index in [0.29, 0.717) is 10.8 Å². The molecule has 0 radical (unpaired) electrons. The van der Waals surface area contributed by atoms with Crippen LogP contribution in [0, 0.1) is 6.92 Å². The summed E-state index contributed by atoms with van der Waals surface area (Å²) in [5.74, 6) is 0.174. The van der Waals surface area contributed by atoms with Gasteiger partial charge < -0.3 is 11.1 Å². The molecule has 2 unspecified atom stereocenters. The van der Waals surface area contributed by atoms with Gasteiger partial charge in [0.1, 0.15) is 5.56 Å². The first-order valence-corrected chi connectivity index (χ1v) is 7.54. The van der Waals surface area contributed by atoms with E-state index in [1.165, 1.54) is 12.8 Å². The normalized spacial score (nSPS) is 23.9. The van der Waals surface area contributed by atoms with Crippen molar-refractivity contribution >= 4 is 23.5 Å². The monoisotopic (exact) mass is 268 g/mol. The van der Waals surface area contributed by atoms with Crippen molar-refractivity contribution in [3.8, 4) is 0 Å². The zero-order valence-corrected chi connectivity index (χ0v) is 11.6. The van der Waals surface area contributed by atoms with Gasteiger partial charge in [0.05, 0.1) is 0 Å². The third kappa shape index (κ3) is 2.80. The van der Waals surface area contributed by atoms with Crippen LogP contribution in [-0.2, 0) is 0 Å². The van der Waals surface area contributed by atoms with Crippen molar-refractivity contribution in [2.75, 3.05) is 12.0 Å². The molecule has 1 amide bonds. The van der Waals surface area contributed by atoms with E-state index < -0.39 is 0 Å². The number of nitrogens with one attached hydrogen (secondary N) is 2. The van der Waals surface area contributed by atoms with Gasteiger partial charge in [-0.15, -0.1) is 0 Å². The topological polar surface area (TPSA) is 83.8 Å². The molecule has 1 aliphatic carbocycles. The summed E-state index contributed by atoms with van der Waals surface area (Å²) in [6, 6.07) is 0.261. The lowest BCUT2D eigenvalue weighted by atomic mass is 9.94. The molecule has 1 aromatic heterocycles. The maximum atomic E-state index is 12.2. The van der Waals surface area contributed by atoms with Crippen molar-refractivity contribution in [2.45, 2.75) is 43.9 Å². The second-order valence-corrected chi connectivity index (χ2v) is 5.94. The lowest BCUT2D eigenvalue weighted by Crippen LogP contribution is -2.39. The van der Waals surface area contributed by atoms with Crippen molar-refractivity contribution < 1.29 is 4.79 Å². The maximum Gasteiger partial charge on any atom is 0.257 e. The lowest BCUT2D eigenvalue weighted by molar-refractivity contribution is 0.0929. The minimum Gasteiger partial charge on any atom is -0.382 e. The van der Waals surface area contributed by atoms with Crippen molar-refractivity contribution in [1.82, 2.24) is 15.5 Å². The molecule has 18 heavy (non-hydrogen) atoms. The Hall–Kier alpha value is -1.17. The Kier molecular flexibility index (Phi) is 4.16. The number of carbonyl (C=O) groups excluding carboxylic acids is 1. The van der Waals surface area contributed by atoms with Crippen LogP contribution in [0.15, 0.2) is 0 Å². The molecule has 0 bridgehead atoms. The molecule has 2 atom stereocenters. The second kappa shape index (κ2) is 5.65. The molecule has 1 aromatic rings. The van der Waals surface area contributed by atoms with E-state index in [-0.39, 0.29) is 17.8 Å². The third-order valence-electron chi connectivity index (χ3n) is 3.50. The molecule has 1 aliphatic rings. The number of thioether (sulfide) groups is 1. The molecule has 1 fully saturated rings. The Morgan fingerprint density at radius 1 is 1.56 bits per heavy atom. The molecule has 4 N–H and O–H groups in total. The molecule has 0 spiro atoms. The fourth-order valence-electron chi connectivity index (χ4n) is 2.48. The Balaban J connectivity index is 1.99. The number of anilines is 1. The Bertz CT molecular complexity index is 412. The first kappa shape index (κ1) is 13.3. The van der Waals surface area contributed by atoms with Crippen LogP contribution < -0.4 is 11.1 Å². The van der Waals surface area contributed by atoms with E-state index in [0.717, 1.165) is 18.5 Å². The number of nitrogens with zero attached hydrogens (tertiary/aromatic N) is 1. The van der Waals surface area contributed by atoms with E-state index in [9.17, 15) is 4.79 Å². The van der Waals surface area contributed by atoms with Gasteiger partial charge >= 0.3 is 0 Å². The van der Waals surface area contributed by atoms with Crippen molar-refractivity contribution in [3.63, 3.8) is 0 Å². The van der Waals surface area contributed by atoms with Crippen LogP contribution in [0.5, 0.6) is 0 Å². The van der Waals surface area contributed by atoms with E-state index in [1.807, 2.05) is 18.7 Å². The van der Waals surface area contributed by atoms with E-state index in [4.69, 9.17) is 5.73 Å². The van der Waals surface area contributed by atoms with Crippen LogP contribution in [0.25, 0.3) is 0 Å². The quantitative estimate of drug-likeness (QED) is 0.779. The number of hydrogen-bond donors (Lipinski definition) is 3. The number of hydrogen-bond acceptors (Lipinski definition) is 4. The van der Waals surface area contributed by atoms with Crippen molar-refractivity contribution in [3.05, 3.63) is 11.3 Å². The average molecular weight is 268 g/mol. The molecule has 0 saturated heterocycles. The summed E-state index contributed by atoms with van der Waals surface area (Å²) in [4.78, 5) is 12.2. The van der Waals surface area contributed by atoms with Crippen LogP contribution in [0.1, 0.15) is 41.7 Å². The van der Waals surface area contributed by atoms with E-state index in [2.05, 4.69) is 21.8 Å². The van der Waals surface area contributed by atoms with Gasteiger partial charge in [-0.3, -0.25) is 9.89 Å². The standard InChI is InChI=1S/C12H20N4OS/c1-7-10(11(13)16-15-7)12(17)14-8-4-3-5-9(6-8)18-2/h8-9H,3-6H2,1-2H3,(H,14,17)(H3,13,15,16). The fourth-order valence-corrected chi connectivity index (χ4v) is 3.31. The molecule has 0 aromatic carbocycles. The highest BCUT2D eigenvalue weighted by Crippen LogP contribution is 2.27. The Labute approximate surface area is 111 Å². The molecule has 1 heterocycles. The van der Waals surface area contributed by atoms with Crippen molar-refractivity contribution in [1.29, 1.82) is 0 Å². The number of aromatic amines is 1. The zero-order chi connectivity index (χ0) is 13.1. The minimum atomic E-state index is -0.106. The first-order valence-electron chi connectivity index (χ1n) is 6.26. The van der Waals surface area contributed by atoms with Crippen molar-refractivity contribution in [2.24, 2.45) is 0 Å². The number of H-pyrrole nitrogens is 1. The average Bonchev–Trinajstić information content (AvgIpc) is 2.69. The summed E-state index contributed by atoms with van der Waals surface area (Å²) in [5.41, 5.74) is 6.91. The SMILES string of the molecule is CSC1CCCC(NC(=O)c2c(N)n[nH]c2C)C1. The highest BCUT2D eigenvalue weighted by Gasteiger charge is 2.24. The molecule has 1 saturated carbocycles. The summed E-state index contributed by atoms with van der Waals surface area (Å²) in [6.07, 6.45) is 6.66. The Morgan fingerprint density at radius 2 is 2.33 bits per heavy atom. The minimum absolute atomic E-state index is 0.106. The van der Waals surface area contributed by atoms with Gasteiger partial charge in [0.25, 0.3) is 5.91 Å². The van der Waals surface area contributed by atoms with Gasteiger partial charge in [-0.25, -0.2) is 0 Å². The van der Waals surface area contributed by atoms with Crippen LogP contribution in [0.2, 0.25) is 0 Å². The number of rotatable bonds is 3. The van der Waals surface area contributed by atoms with E-state index in [1.54, 1.807) is 0 Å². The van der Waals surface area contributed by atoms with Gasteiger partial charge in [0.15, 0.2) is 5.82 Å². The molecular formula is C12H20N4OS. The predicted octanol–water partition coefficient (Wildman–Crippen LogP) is 1.70. The highest BCUT2D eigenvalue weighted by atomic mass is 32.2. The van der Waals surface area contributed by atoms with Crippen LogP contribution in [0.4, 0.5) is 5.82 Å². The molecular weight excluding hydrogens is 248 g/mol. The second-order valence-electron chi connectivity index (χ2n) is 4.80. The number of nitrogen functional groups attached to an aromatic ring is 1. The summed E-state index contributed by atoms with van der Waals surface area (Å²) in [7, 11) is 0. The number of carbonyl (C=O) groups is 1. The molecule has 5 nitrogen and oxygen atoms in total. The molecule has 100 valence electrons. The summed E-state index contributed by atoms with van der Waals surface area (Å²) >= 11 is 1.89. The van der Waals surface area contributed by atoms with Gasteiger partial charge in [-0.05, 0) is 32.4 Å². The Morgan fingerprint density at radius 3 is 2.94 bits per heavy atom. The van der Waals surface area contributed by atoms with Crippen LogP contribution >= 0.6 is 11.8 Å². The number of aryl methyl sites for hydroxylation is 1. The number of amides is 1. The zero-order valence-electron chi connectivity index (χ0n) is 10.8. The number of aromatic nitrogens is 2. The smallest absolute Gasteiger partial charge is 0.257 e. The summed E-state index contributed by atoms with van der Waals surface area (Å²) in [6.45, 7) is 1.81. The summed E-state index contributed by atoms with van der Waals surface area (Å²) < 4.78 is 0. The van der Waals surface area contributed by atoms with Gasteiger partial charge in [-0.2, -0.15) is 16.9 Å². The first-order chi connectivity index (χ1) is 8.61. The molecule has 2 rings (SSSR count). The van der Waals surface area contributed by atoms with E-state index >= 15 is 0 Å². The molecule has 6 heteroatoms. The van der Waals surface area contributed by atoms with Crippen LogP contribution in [0.3, 0.4) is 0 Å². The fraction of sp³-hybridized carbons (Fsp3) is 0.667.